The molecule has 0 unspecified atom stereocenters. The number of carbonyl (C=O) groups excluding carboxylic acids is 1. The van der Waals surface area contributed by atoms with Crippen molar-refractivity contribution in [3.05, 3.63) is 0 Å². The molecule has 108 valence electrons. The zero-order chi connectivity index (χ0) is 14.1. The van der Waals surface area contributed by atoms with Gasteiger partial charge in [-0.3, -0.25) is 4.79 Å². The third kappa shape index (κ3) is 3.00. The molecule has 0 aromatic rings. The van der Waals surface area contributed by atoms with Crippen LogP contribution in [0.4, 0.5) is 4.79 Å². The van der Waals surface area contributed by atoms with Crippen molar-refractivity contribution in [3.63, 3.8) is 0 Å². The van der Waals surface area contributed by atoms with E-state index in [-0.39, 0.29) is 12.6 Å². The second-order valence-corrected chi connectivity index (χ2v) is 6.08. The second kappa shape index (κ2) is 5.00. The number of carbonyl (C=O) groups is 2. The predicted molar refractivity (Wildman–Crippen MR) is 68.7 cm³/mol. The molecule has 1 saturated carbocycles. The highest BCUT2D eigenvalue weighted by Gasteiger charge is 2.44. The van der Waals surface area contributed by atoms with Crippen molar-refractivity contribution in [3.8, 4) is 0 Å². The Morgan fingerprint density at radius 3 is 2.21 bits per heavy atom. The summed E-state index contributed by atoms with van der Waals surface area (Å²) in [4.78, 5) is 24.8. The predicted octanol–water partition coefficient (Wildman–Crippen LogP) is 0.798. The van der Waals surface area contributed by atoms with Crippen LogP contribution in [0.5, 0.6) is 0 Å². The summed E-state index contributed by atoms with van der Waals surface area (Å²) in [6, 6.07) is -0.219. The van der Waals surface area contributed by atoms with Crippen molar-refractivity contribution < 1.29 is 19.8 Å². The molecule has 0 radical (unpaired) electrons. The van der Waals surface area contributed by atoms with E-state index in [1.54, 1.807) is 11.8 Å². The average Bonchev–Trinajstić information content (AvgIpc) is 2.26. The number of amides is 2. The molecule has 6 heteroatoms. The lowest BCUT2D eigenvalue weighted by molar-refractivity contribution is -0.153. The molecule has 6 nitrogen and oxygen atoms in total. The first-order valence-corrected chi connectivity index (χ1v) is 6.83. The summed E-state index contributed by atoms with van der Waals surface area (Å²) in [6.07, 6.45) is 3.30. The number of aliphatic hydroxyl groups is 1. The van der Waals surface area contributed by atoms with Crippen LogP contribution in [-0.4, -0.2) is 52.3 Å². The Morgan fingerprint density at radius 2 is 1.79 bits per heavy atom. The third-order valence-electron chi connectivity index (χ3n) is 4.47. The maximum Gasteiger partial charge on any atom is 0.317 e. The highest BCUT2D eigenvalue weighted by atomic mass is 16.4. The molecule has 2 rings (SSSR count). The Balaban J connectivity index is 1.80. The monoisotopic (exact) mass is 270 g/mol. The normalized spacial score (nSPS) is 24.4. The minimum absolute atomic E-state index is 0.202. The van der Waals surface area contributed by atoms with Crippen LogP contribution in [0, 0.1) is 5.41 Å². The lowest BCUT2D eigenvalue weighted by Crippen LogP contribution is -2.53. The first kappa shape index (κ1) is 14.1. The molecule has 2 fully saturated rings. The van der Waals surface area contributed by atoms with E-state index in [2.05, 4.69) is 5.32 Å². The molecule has 1 aliphatic heterocycles. The van der Waals surface area contributed by atoms with Gasteiger partial charge >= 0.3 is 12.0 Å². The summed E-state index contributed by atoms with van der Waals surface area (Å²) >= 11 is 0. The molecule has 2 amide bonds. The highest BCUT2D eigenvalue weighted by molar-refractivity contribution is 5.79. The van der Waals surface area contributed by atoms with Gasteiger partial charge in [-0.05, 0) is 32.6 Å². The van der Waals surface area contributed by atoms with Gasteiger partial charge in [0.05, 0.1) is 11.0 Å². The summed E-state index contributed by atoms with van der Waals surface area (Å²) in [5.74, 6) is -0.819. The number of carboxylic acids is 1. The van der Waals surface area contributed by atoms with E-state index in [1.165, 1.54) is 0 Å². The first-order chi connectivity index (χ1) is 8.85. The number of piperidine rings is 1. The van der Waals surface area contributed by atoms with Gasteiger partial charge in [0.1, 0.15) is 0 Å². The van der Waals surface area contributed by atoms with Crippen molar-refractivity contribution in [2.45, 2.75) is 44.6 Å². The van der Waals surface area contributed by atoms with Gasteiger partial charge in [0.2, 0.25) is 0 Å². The molecule has 1 aliphatic carbocycles. The van der Waals surface area contributed by atoms with Gasteiger partial charge < -0.3 is 20.4 Å². The van der Waals surface area contributed by atoms with E-state index in [0.29, 0.717) is 38.8 Å². The number of nitrogens with one attached hydrogen (secondary N) is 1. The zero-order valence-electron chi connectivity index (χ0n) is 11.3. The molecule has 1 saturated heterocycles. The Morgan fingerprint density at radius 1 is 1.21 bits per heavy atom. The Labute approximate surface area is 112 Å². The van der Waals surface area contributed by atoms with Crippen molar-refractivity contribution in [1.29, 1.82) is 0 Å². The maximum absolute atomic E-state index is 12.0. The topological polar surface area (TPSA) is 89.9 Å². The summed E-state index contributed by atoms with van der Waals surface area (Å²) in [5, 5.41) is 21.7. The minimum atomic E-state index is -0.819. The fraction of sp³-hybridized carbons (Fsp3) is 0.846. The second-order valence-electron chi connectivity index (χ2n) is 6.08. The molecule has 2 aliphatic rings. The molecule has 1 heterocycles. The van der Waals surface area contributed by atoms with Gasteiger partial charge in [-0.15, -0.1) is 0 Å². The molecule has 0 atom stereocenters. The van der Waals surface area contributed by atoms with Gasteiger partial charge in [0.25, 0.3) is 0 Å². The van der Waals surface area contributed by atoms with Crippen molar-refractivity contribution in [2.24, 2.45) is 5.41 Å². The Bertz CT molecular complexity index is 367. The Hall–Kier alpha value is -1.30. The van der Waals surface area contributed by atoms with Crippen molar-refractivity contribution in [1.82, 2.24) is 10.2 Å². The van der Waals surface area contributed by atoms with Gasteiger partial charge in [-0.25, -0.2) is 4.79 Å². The van der Waals surface area contributed by atoms with E-state index in [9.17, 15) is 19.8 Å². The lowest BCUT2D eigenvalue weighted by Gasteiger charge is -2.39. The van der Waals surface area contributed by atoms with E-state index >= 15 is 0 Å². The number of hydrogen-bond acceptors (Lipinski definition) is 3. The number of urea groups is 1. The van der Waals surface area contributed by atoms with Crippen molar-refractivity contribution in [2.75, 3.05) is 19.6 Å². The summed E-state index contributed by atoms with van der Waals surface area (Å²) in [6.45, 7) is 3.00. The third-order valence-corrected chi connectivity index (χ3v) is 4.47. The van der Waals surface area contributed by atoms with Crippen LogP contribution in [0.2, 0.25) is 0 Å². The molecule has 0 bridgehead atoms. The maximum atomic E-state index is 12.0. The molecule has 0 aromatic carbocycles. The van der Waals surface area contributed by atoms with Crippen LogP contribution >= 0.6 is 0 Å². The molecule has 0 spiro atoms. The number of hydrogen-bond donors (Lipinski definition) is 3. The van der Waals surface area contributed by atoms with E-state index in [0.717, 1.165) is 6.42 Å². The fourth-order valence-electron chi connectivity index (χ4n) is 2.62. The van der Waals surface area contributed by atoms with E-state index < -0.39 is 17.0 Å². The van der Waals surface area contributed by atoms with E-state index in [1.807, 2.05) is 0 Å². The van der Waals surface area contributed by atoms with Crippen LogP contribution < -0.4 is 5.32 Å². The molecular formula is C13H22N2O4. The van der Waals surface area contributed by atoms with Crippen LogP contribution in [0.3, 0.4) is 0 Å². The smallest absolute Gasteiger partial charge is 0.317 e. The van der Waals surface area contributed by atoms with Crippen LogP contribution in [0.15, 0.2) is 0 Å². The summed E-state index contributed by atoms with van der Waals surface area (Å²) < 4.78 is 0. The van der Waals surface area contributed by atoms with Crippen molar-refractivity contribution >= 4 is 12.0 Å². The Kier molecular flexibility index (Phi) is 3.71. The largest absolute Gasteiger partial charge is 0.481 e. The first-order valence-electron chi connectivity index (χ1n) is 6.83. The zero-order valence-corrected chi connectivity index (χ0v) is 11.3. The standard InChI is InChI=1S/C13H22N2O4/c1-12(19)5-7-15(8-6-12)11(18)14-9-13(10(16)17)3-2-4-13/h19H,2-9H2,1H3,(H,14,18)(H,16,17). The SMILES string of the molecule is CC1(O)CCN(C(=O)NCC2(C(=O)O)CCC2)CC1. The van der Waals surface area contributed by atoms with Gasteiger partial charge in [0.15, 0.2) is 0 Å². The van der Waals surface area contributed by atoms with Gasteiger partial charge in [0, 0.05) is 19.6 Å². The van der Waals surface area contributed by atoms with E-state index in [4.69, 9.17) is 0 Å². The fourth-order valence-corrected chi connectivity index (χ4v) is 2.62. The summed E-state index contributed by atoms with van der Waals surface area (Å²) in [7, 11) is 0. The highest BCUT2D eigenvalue weighted by Crippen LogP contribution is 2.40. The quantitative estimate of drug-likeness (QED) is 0.707. The number of rotatable bonds is 3. The number of nitrogens with zero attached hydrogens (tertiary/aromatic N) is 1. The number of likely N-dealkylation sites (tertiary alicyclic amines) is 1. The molecule has 19 heavy (non-hydrogen) atoms. The summed E-state index contributed by atoms with van der Waals surface area (Å²) in [5.41, 5.74) is -1.44. The van der Waals surface area contributed by atoms with Crippen LogP contribution in [-0.2, 0) is 4.79 Å². The average molecular weight is 270 g/mol. The minimum Gasteiger partial charge on any atom is -0.481 e. The number of carboxylic acid groups (broad SMARTS) is 1. The van der Waals surface area contributed by atoms with Gasteiger partial charge in [-0.1, -0.05) is 6.42 Å². The number of aliphatic carboxylic acids is 1. The van der Waals surface area contributed by atoms with Gasteiger partial charge in [-0.2, -0.15) is 0 Å². The molecule has 3 N–H and O–H groups in total. The lowest BCUT2D eigenvalue weighted by atomic mass is 9.69. The molecular weight excluding hydrogens is 248 g/mol. The van der Waals surface area contributed by atoms with Crippen LogP contribution in [0.25, 0.3) is 0 Å². The van der Waals surface area contributed by atoms with Crippen LogP contribution in [0.1, 0.15) is 39.0 Å². The molecule has 0 aromatic heterocycles.